The van der Waals surface area contributed by atoms with E-state index in [2.05, 4.69) is 5.32 Å². The van der Waals surface area contributed by atoms with E-state index in [1.54, 1.807) is 32.9 Å². The molecule has 0 radical (unpaired) electrons. The average molecular weight is 253 g/mol. The van der Waals surface area contributed by atoms with Crippen molar-refractivity contribution >= 4 is 5.91 Å². The highest BCUT2D eigenvalue weighted by atomic mass is 19.1. The van der Waals surface area contributed by atoms with Gasteiger partial charge in [-0.2, -0.15) is 0 Å². The molecule has 1 atom stereocenters. The van der Waals surface area contributed by atoms with E-state index in [-0.39, 0.29) is 11.7 Å². The number of nitrogens with one attached hydrogen (secondary N) is 1. The zero-order valence-corrected chi connectivity index (χ0v) is 11.0. The summed E-state index contributed by atoms with van der Waals surface area (Å²) in [6.07, 6.45) is 0.260. The van der Waals surface area contributed by atoms with Gasteiger partial charge in [0.2, 0.25) is 5.91 Å². The molecule has 1 amide bonds. The van der Waals surface area contributed by atoms with Crippen LogP contribution in [-0.2, 0) is 11.2 Å². The first kappa shape index (κ1) is 14.6. The fourth-order valence-electron chi connectivity index (χ4n) is 1.44. The number of hydrogen-bond donors (Lipinski definition) is 2. The molecule has 0 spiro atoms. The summed E-state index contributed by atoms with van der Waals surface area (Å²) in [5.41, 5.74) is 0.279. The second kappa shape index (κ2) is 5.96. The molecule has 0 aromatic heterocycles. The molecule has 0 saturated heterocycles. The minimum atomic E-state index is -0.639. The van der Waals surface area contributed by atoms with Gasteiger partial charge in [-0.25, -0.2) is 4.39 Å². The fraction of sp³-hybridized carbons (Fsp3) is 0.500. The van der Waals surface area contributed by atoms with Crippen LogP contribution < -0.4 is 5.32 Å². The molecule has 18 heavy (non-hydrogen) atoms. The molecule has 3 nitrogen and oxygen atoms in total. The van der Waals surface area contributed by atoms with Crippen LogP contribution in [0, 0.1) is 5.82 Å². The molecule has 1 aromatic rings. The van der Waals surface area contributed by atoms with Gasteiger partial charge in [-0.3, -0.25) is 4.79 Å². The van der Waals surface area contributed by atoms with Gasteiger partial charge in [0.05, 0.1) is 11.6 Å². The molecule has 0 saturated carbocycles. The lowest BCUT2D eigenvalue weighted by Crippen LogP contribution is -2.51. The molecule has 4 heteroatoms. The predicted octanol–water partition coefficient (Wildman–Crippen LogP) is 2.03. The fourth-order valence-corrected chi connectivity index (χ4v) is 1.44. The van der Waals surface area contributed by atoms with Crippen molar-refractivity contribution < 1.29 is 14.3 Å². The van der Waals surface area contributed by atoms with E-state index in [9.17, 15) is 14.3 Å². The highest BCUT2D eigenvalue weighted by molar-refractivity contribution is 5.77. The molecule has 0 aliphatic carbocycles. The van der Waals surface area contributed by atoms with Gasteiger partial charge in [-0.15, -0.1) is 0 Å². The molecule has 0 fully saturated rings. The summed E-state index contributed by atoms with van der Waals surface area (Å²) in [6, 6.07) is 6.10. The lowest BCUT2D eigenvalue weighted by Gasteiger charge is -2.29. The number of amides is 1. The van der Waals surface area contributed by atoms with Gasteiger partial charge in [-0.1, -0.05) is 12.1 Å². The highest BCUT2D eigenvalue weighted by Crippen LogP contribution is 2.10. The van der Waals surface area contributed by atoms with E-state index >= 15 is 0 Å². The molecule has 2 N–H and O–H groups in total. The second-order valence-electron chi connectivity index (χ2n) is 5.07. The Morgan fingerprint density at radius 2 is 1.94 bits per heavy atom. The van der Waals surface area contributed by atoms with Gasteiger partial charge < -0.3 is 10.4 Å². The molecule has 1 rings (SSSR count). The topological polar surface area (TPSA) is 49.3 Å². The van der Waals surface area contributed by atoms with E-state index in [1.165, 1.54) is 12.1 Å². The van der Waals surface area contributed by atoms with Gasteiger partial charge in [0.1, 0.15) is 5.82 Å². The minimum absolute atomic E-state index is 0.120. The van der Waals surface area contributed by atoms with Crippen LogP contribution in [0.2, 0.25) is 0 Å². The zero-order chi connectivity index (χ0) is 13.8. The number of carbonyl (C=O) groups excluding carboxylic acids is 1. The van der Waals surface area contributed by atoms with E-state index in [4.69, 9.17) is 0 Å². The van der Waals surface area contributed by atoms with Crippen molar-refractivity contribution in [3.8, 4) is 0 Å². The molecule has 1 aromatic carbocycles. The first-order chi connectivity index (χ1) is 8.31. The molecule has 1 unspecified atom stereocenters. The summed E-state index contributed by atoms with van der Waals surface area (Å²) in [7, 11) is 0. The maximum Gasteiger partial charge on any atom is 0.220 e. The summed E-state index contributed by atoms with van der Waals surface area (Å²) >= 11 is 0. The molecule has 100 valence electrons. The van der Waals surface area contributed by atoms with Crippen molar-refractivity contribution in [2.75, 3.05) is 0 Å². The van der Waals surface area contributed by atoms with E-state index < -0.39 is 11.6 Å². The number of benzene rings is 1. The Labute approximate surface area is 107 Å². The average Bonchev–Trinajstić information content (AvgIpc) is 2.27. The molecular formula is C14H20FNO2. The third-order valence-electron chi connectivity index (χ3n) is 3.06. The van der Waals surface area contributed by atoms with E-state index in [0.29, 0.717) is 12.8 Å². The summed E-state index contributed by atoms with van der Waals surface area (Å²) in [5, 5.41) is 12.3. The summed E-state index contributed by atoms with van der Waals surface area (Å²) in [5.74, 6) is -0.399. The Balaban J connectivity index is 2.44. The molecule has 0 bridgehead atoms. The lowest BCUT2D eigenvalue weighted by molar-refractivity contribution is -0.123. The molecular weight excluding hydrogens is 233 g/mol. The van der Waals surface area contributed by atoms with Crippen LogP contribution in [0.25, 0.3) is 0 Å². The van der Waals surface area contributed by atoms with Crippen molar-refractivity contribution in [1.29, 1.82) is 0 Å². The second-order valence-corrected chi connectivity index (χ2v) is 5.07. The van der Waals surface area contributed by atoms with Crippen LogP contribution in [0.4, 0.5) is 4.39 Å². The van der Waals surface area contributed by atoms with Gasteiger partial charge in [0.15, 0.2) is 0 Å². The zero-order valence-electron chi connectivity index (χ0n) is 11.0. The maximum atomic E-state index is 12.7. The standard InChI is InChI=1S/C14H20FNO2/c1-10(17)14(2,3)16-13(18)9-6-11-4-7-12(15)8-5-11/h4-5,7-8,10,17H,6,9H2,1-3H3,(H,16,18). The van der Waals surface area contributed by atoms with Crippen LogP contribution in [0.5, 0.6) is 0 Å². The Morgan fingerprint density at radius 1 is 1.39 bits per heavy atom. The smallest absolute Gasteiger partial charge is 0.220 e. The van der Waals surface area contributed by atoms with Crippen molar-refractivity contribution in [2.24, 2.45) is 0 Å². The Morgan fingerprint density at radius 3 is 2.44 bits per heavy atom. The Bertz CT molecular complexity index is 399. The first-order valence-corrected chi connectivity index (χ1v) is 6.05. The van der Waals surface area contributed by atoms with Crippen LogP contribution >= 0.6 is 0 Å². The van der Waals surface area contributed by atoms with E-state index in [0.717, 1.165) is 5.56 Å². The van der Waals surface area contributed by atoms with Gasteiger partial charge in [0.25, 0.3) is 0 Å². The minimum Gasteiger partial charge on any atom is -0.391 e. The van der Waals surface area contributed by atoms with Gasteiger partial charge >= 0.3 is 0 Å². The maximum absolute atomic E-state index is 12.7. The number of aryl methyl sites for hydroxylation is 1. The number of carbonyl (C=O) groups is 1. The number of aliphatic hydroxyl groups excluding tert-OH is 1. The predicted molar refractivity (Wildman–Crippen MR) is 68.6 cm³/mol. The monoisotopic (exact) mass is 253 g/mol. The largest absolute Gasteiger partial charge is 0.391 e. The van der Waals surface area contributed by atoms with E-state index in [1.807, 2.05) is 0 Å². The third kappa shape index (κ3) is 4.45. The number of hydrogen-bond acceptors (Lipinski definition) is 2. The number of aliphatic hydroxyl groups is 1. The van der Waals surface area contributed by atoms with Crippen molar-refractivity contribution in [3.05, 3.63) is 35.6 Å². The van der Waals surface area contributed by atoms with Gasteiger partial charge in [-0.05, 0) is 44.9 Å². The van der Waals surface area contributed by atoms with Crippen LogP contribution in [-0.4, -0.2) is 22.7 Å². The quantitative estimate of drug-likeness (QED) is 0.843. The molecule has 0 aliphatic rings. The van der Waals surface area contributed by atoms with Crippen molar-refractivity contribution in [2.45, 2.75) is 45.3 Å². The lowest BCUT2D eigenvalue weighted by atomic mass is 9.98. The molecule has 0 heterocycles. The first-order valence-electron chi connectivity index (χ1n) is 6.05. The molecule has 0 aliphatic heterocycles. The van der Waals surface area contributed by atoms with Crippen LogP contribution in [0.1, 0.15) is 32.8 Å². The van der Waals surface area contributed by atoms with Crippen molar-refractivity contribution in [3.63, 3.8) is 0 Å². The van der Waals surface area contributed by atoms with Crippen LogP contribution in [0.15, 0.2) is 24.3 Å². The van der Waals surface area contributed by atoms with Crippen molar-refractivity contribution in [1.82, 2.24) is 5.32 Å². The summed E-state index contributed by atoms with van der Waals surface area (Å²) < 4.78 is 12.7. The Kier molecular flexibility index (Phi) is 4.84. The SMILES string of the molecule is CC(O)C(C)(C)NC(=O)CCc1ccc(F)cc1. The highest BCUT2D eigenvalue weighted by Gasteiger charge is 2.25. The number of rotatable bonds is 5. The Hall–Kier alpha value is -1.42. The summed E-state index contributed by atoms with van der Waals surface area (Å²) in [4.78, 5) is 11.7. The summed E-state index contributed by atoms with van der Waals surface area (Å²) in [6.45, 7) is 5.18. The van der Waals surface area contributed by atoms with Crippen LogP contribution in [0.3, 0.4) is 0 Å². The normalized spacial score (nSPS) is 13.2. The number of halogens is 1. The third-order valence-corrected chi connectivity index (χ3v) is 3.06. The van der Waals surface area contributed by atoms with Gasteiger partial charge in [0, 0.05) is 6.42 Å².